The molecule has 2 aromatic heterocycles. The number of nitrogens with one attached hydrogen (secondary N) is 3. The quantitative estimate of drug-likeness (QED) is 0.183. The fourth-order valence-corrected chi connectivity index (χ4v) is 7.13. The van der Waals surface area contributed by atoms with Crippen LogP contribution in [-0.4, -0.2) is 75.3 Å². The summed E-state index contributed by atoms with van der Waals surface area (Å²) in [4.78, 5) is 32.8. The summed E-state index contributed by atoms with van der Waals surface area (Å²) in [6, 6.07) is 20.0. The Balaban J connectivity index is 1.04. The molecule has 1 aliphatic carbocycles. The topological polar surface area (TPSA) is 113 Å². The highest BCUT2D eigenvalue weighted by molar-refractivity contribution is 5.96. The lowest BCUT2D eigenvalue weighted by molar-refractivity contribution is 0.0887. The smallest absolute Gasteiger partial charge is 0.272 e. The number of amides is 2. The molecule has 10 nitrogen and oxygen atoms in total. The molecule has 0 bridgehead atoms. The normalized spacial score (nSPS) is 21.1. The number of piperazine rings is 1. The second-order valence-electron chi connectivity index (χ2n) is 14.0. The van der Waals surface area contributed by atoms with Crippen LogP contribution >= 0.6 is 0 Å². The molecule has 4 aromatic rings. The van der Waals surface area contributed by atoms with Gasteiger partial charge in [-0.05, 0) is 107 Å². The Kier molecular flexibility index (Phi) is 11.2. The molecule has 2 atom stereocenters. The number of rotatable bonds is 11. The van der Waals surface area contributed by atoms with Crippen molar-refractivity contribution in [3.05, 3.63) is 95.2 Å². The van der Waals surface area contributed by atoms with E-state index < -0.39 is 11.7 Å². The Labute approximate surface area is 293 Å². The SMILES string of the molecule is Cc1cc(C(=O)NC2CCC(NC(=O)c3cc(F)cnc3Oc3cccc(-c4cccc(CCCN5C[C@@H](C)N[C@@H](C)C5)c4)c3)CC2)nn1C. The van der Waals surface area contributed by atoms with Gasteiger partial charge in [-0.25, -0.2) is 9.37 Å². The third-order valence-electron chi connectivity index (χ3n) is 9.69. The maximum absolute atomic E-state index is 14.4. The van der Waals surface area contributed by atoms with Crippen molar-refractivity contribution in [1.82, 2.24) is 35.6 Å². The van der Waals surface area contributed by atoms with E-state index in [1.54, 1.807) is 23.9 Å². The summed E-state index contributed by atoms with van der Waals surface area (Å²) in [6.07, 6.45) is 5.90. The van der Waals surface area contributed by atoms with Gasteiger partial charge in [0.1, 0.15) is 22.8 Å². The first-order valence-corrected chi connectivity index (χ1v) is 17.7. The van der Waals surface area contributed by atoms with E-state index in [1.165, 1.54) is 5.56 Å². The molecule has 50 heavy (non-hydrogen) atoms. The van der Waals surface area contributed by atoms with Gasteiger partial charge in [0.15, 0.2) is 0 Å². The zero-order valence-electron chi connectivity index (χ0n) is 29.4. The molecule has 264 valence electrons. The van der Waals surface area contributed by atoms with Crippen molar-refractivity contribution in [2.45, 2.75) is 83.5 Å². The van der Waals surface area contributed by atoms with Crippen LogP contribution in [0.5, 0.6) is 11.6 Å². The molecule has 11 heteroatoms. The number of ether oxygens (including phenoxy) is 1. The highest BCUT2D eigenvalue weighted by Crippen LogP contribution is 2.30. The summed E-state index contributed by atoms with van der Waals surface area (Å²) < 4.78 is 22.2. The number of aryl methyl sites for hydroxylation is 3. The average molecular weight is 682 g/mol. The summed E-state index contributed by atoms with van der Waals surface area (Å²) in [7, 11) is 1.80. The number of pyridine rings is 1. The van der Waals surface area contributed by atoms with E-state index in [4.69, 9.17) is 4.74 Å². The van der Waals surface area contributed by atoms with E-state index in [0.717, 1.165) is 61.6 Å². The summed E-state index contributed by atoms with van der Waals surface area (Å²) in [5.41, 5.74) is 4.67. The fraction of sp³-hybridized carbons (Fsp3) is 0.436. The largest absolute Gasteiger partial charge is 0.438 e. The molecule has 2 fully saturated rings. The number of hydrogen-bond donors (Lipinski definition) is 3. The average Bonchev–Trinajstić information content (AvgIpc) is 3.44. The van der Waals surface area contributed by atoms with Crippen LogP contribution in [-0.2, 0) is 13.5 Å². The van der Waals surface area contributed by atoms with Crippen LogP contribution in [0.25, 0.3) is 11.1 Å². The molecule has 0 unspecified atom stereocenters. The zero-order chi connectivity index (χ0) is 35.2. The number of halogens is 1. The standard InChI is InChI=1S/C39H48FN7O3/c1-25-23-47(24-26(2)42-25)17-7-9-28-8-5-10-29(19-28)30-11-6-12-34(20-30)50-39-35(21-31(40)22-41-39)37(48)43-32-13-15-33(16-14-32)44-38(49)36-18-27(3)46(4)45-36/h5-6,8,10-12,18-22,25-26,32-33,42H,7,9,13-17,23-24H2,1-4H3,(H,43,48)(H,44,49)/t25-,26+,32?,33?. The minimum absolute atomic E-state index is 0.00849. The summed E-state index contributed by atoms with van der Waals surface area (Å²) in [5.74, 6) is -0.723. The van der Waals surface area contributed by atoms with E-state index in [-0.39, 0.29) is 29.4 Å². The van der Waals surface area contributed by atoms with Crippen molar-refractivity contribution in [2.75, 3.05) is 19.6 Å². The van der Waals surface area contributed by atoms with Crippen LogP contribution in [0.3, 0.4) is 0 Å². The molecule has 3 N–H and O–H groups in total. The van der Waals surface area contributed by atoms with E-state index in [1.807, 2.05) is 25.1 Å². The van der Waals surface area contributed by atoms with Gasteiger partial charge in [0.25, 0.3) is 11.8 Å². The summed E-state index contributed by atoms with van der Waals surface area (Å²) >= 11 is 0. The van der Waals surface area contributed by atoms with Gasteiger partial charge in [0.2, 0.25) is 5.88 Å². The monoisotopic (exact) mass is 681 g/mol. The summed E-state index contributed by atoms with van der Waals surface area (Å²) in [6.45, 7) is 9.63. The lowest BCUT2D eigenvalue weighted by Gasteiger charge is -2.36. The third kappa shape index (κ3) is 9.13. The van der Waals surface area contributed by atoms with Crippen molar-refractivity contribution in [2.24, 2.45) is 7.05 Å². The Bertz CT molecular complexity index is 1770. The lowest BCUT2D eigenvalue weighted by atomic mass is 9.91. The van der Waals surface area contributed by atoms with Crippen molar-refractivity contribution >= 4 is 11.8 Å². The van der Waals surface area contributed by atoms with Crippen molar-refractivity contribution < 1.29 is 18.7 Å². The molecule has 1 aliphatic heterocycles. The van der Waals surface area contributed by atoms with E-state index >= 15 is 0 Å². The van der Waals surface area contributed by atoms with Gasteiger partial charge in [-0.1, -0.05) is 36.4 Å². The predicted octanol–water partition coefficient (Wildman–Crippen LogP) is 5.81. The Morgan fingerprint density at radius 2 is 1.58 bits per heavy atom. The molecular formula is C39H48FN7O3. The van der Waals surface area contributed by atoms with Crippen LogP contribution in [0.4, 0.5) is 4.39 Å². The lowest BCUT2D eigenvalue weighted by Crippen LogP contribution is -2.54. The third-order valence-corrected chi connectivity index (χ3v) is 9.69. The second-order valence-corrected chi connectivity index (χ2v) is 14.0. The van der Waals surface area contributed by atoms with E-state index in [0.29, 0.717) is 49.2 Å². The van der Waals surface area contributed by atoms with Gasteiger partial charge >= 0.3 is 0 Å². The maximum atomic E-state index is 14.4. The van der Waals surface area contributed by atoms with Crippen LogP contribution in [0.2, 0.25) is 0 Å². The van der Waals surface area contributed by atoms with Crippen LogP contribution in [0.15, 0.2) is 66.9 Å². The molecule has 0 radical (unpaired) electrons. The Morgan fingerprint density at radius 3 is 2.26 bits per heavy atom. The van der Waals surface area contributed by atoms with Crippen LogP contribution < -0.4 is 20.7 Å². The van der Waals surface area contributed by atoms with Gasteiger partial charge in [0.05, 0.1) is 6.20 Å². The molecule has 6 rings (SSSR count). The van der Waals surface area contributed by atoms with Crippen LogP contribution in [0.1, 0.15) is 78.1 Å². The van der Waals surface area contributed by atoms with Gasteiger partial charge in [-0.3, -0.25) is 14.3 Å². The molecule has 1 saturated heterocycles. The Morgan fingerprint density at radius 1 is 0.920 bits per heavy atom. The molecule has 1 saturated carbocycles. The number of carbonyl (C=O) groups excluding carboxylic acids is 2. The van der Waals surface area contributed by atoms with Crippen molar-refractivity contribution in [3.8, 4) is 22.8 Å². The van der Waals surface area contributed by atoms with Crippen LogP contribution in [0, 0.1) is 12.7 Å². The van der Waals surface area contributed by atoms with E-state index in [2.05, 4.69) is 69.0 Å². The highest BCUT2D eigenvalue weighted by atomic mass is 19.1. The molecule has 2 aliphatic rings. The molecule has 2 aromatic carbocycles. The number of carbonyl (C=O) groups is 2. The first-order valence-electron chi connectivity index (χ1n) is 17.7. The first-order chi connectivity index (χ1) is 24.1. The number of hydrogen-bond acceptors (Lipinski definition) is 7. The second kappa shape index (κ2) is 15.9. The molecular weight excluding hydrogens is 633 g/mol. The number of nitrogens with zero attached hydrogens (tertiary/aromatic N) is 4. The first kappa shape index (κ1) is 35.2. The summed E-state index contributed by atoms with van der Waals surface area (Å²) in [5, 5.41) is 13.9. The van der Waals surface area contributed by atoms with Gasteiger partial charge in [-0.2, -0.15) is 5.10 Å². The number of benzene rings is 2. The van der Waals surface area contributed by atoms with Gasteiger partial charge in [0, 0.05) is 50.0 Å². The molecule has 2 amide bonds. The van der Waals surface area contributed by atoms with Crippen molar-refractivity contribution in [3.63, 3.8) is 0 Å². The number of aromatic nitrogens is 3. The fourth-order valence-electron chi connectivity index (χ4n) is 7.13. The van der Waals surface area contributed by atoms with E-state index in [9.17, 15) is 14.0 Å². The predicted molar refractivity (Wildman–Crippen MR) is 192 cm³/mol. The highest BCUT2D eigenvalue weighted by Gasteiger charge is 2.27. The minimum Gasteiger partial charge on any atom is -0.438 e. The minimum atomic E-state index is -0.620. The van der Waals surface area contributed by atoms with Crippen molar-refractivity contribution in [1.29, 1.82) is 0 Å². The Hall–Kier alpha value is -4.61. The zero-order valence-corrected chi connectivity index (χ0v) is 29.4. The van der Waals surface area contributed by atoms with Gasteiger partial charge in [-0.15, -0.1) is 0 Å². The molecule has 3 heterocycles. The van der Waals surface area contributed by atoms with Gasteiger partial charge < -0.3 is 25.6 Å². The molecule has 0 spiro atoms. The maximum Gasteiger partial charge on any atom is 0.272 e.